The average molecular weight is 268 g/mol. The van der Waals surface area contributed by atoms with E-state index in [1.165, 1.54) is 11.3 Å². The number of nitrogens with zero attached hydrogens (tertiary/aromatic N) is 1. The zero-order chi connectivity index (χ0) is 13.4. The van der Waals surface area contributed by atoms with Gasteiger partial charge in [0.15, 0.2) is 0 Å². The first kappa shape index (κ1) is 15.3. The van der Waals surface area contributed by atoms with Crippen LogP contribution in [0.2, 0.25) is 0 Å². The summed E-state index contributed by atoms with van der Waals surface area (Å²) in [4.78, 5) is 4.23. The molecule has 1 heterocycles. The highest BCUT2D eigenvalue weighted by molar-refractivity contribution is 7.99. The van der Waals surface area contributed by atoms with Gasteiger partial charge in [-0.3, -0.25) is 4.98 Å². The molecular weight excluding hydrogens is 244 g/mol. The third-order valence-electron chi connectivity index (χ3n) is 2.56. The molecule has 0 spiro atoms. The van der Waals surface area contributed by atoms with Gasteiger partial charge < -0.3 is 10.1 Å². The minimum atomic E-state index is 0.348. The number of nitrogens with one attached hydrogen (secondary N) is 1. The Labute approximate surface area is 115 Å². The SMILES string of the molecule is CCNC(CSCC(C)C)c1cncc(OC)c1. The lowest BCUT2D eigenvalue weighted by Gasteiger charge is -2.18. The molecule has 0 amide bonds. The van der Waals surface area contributed by atoms with Crippen molar-refractivity contribution >= 4 is 11.8 Å². The van der Waals surface area contributed by atoms with Gasteiger partial charge in [-0.15, -0.1) is 0 Å². The highest BCUT2D eigenvalue weighted by Gasteiger charge is 2.12. The maximum absolute atomic E-state index is 5.23. The molecule has 4 heteroatoms. The number of ether oxygens (including phenoxy) is 1. The van der Waals surface area contributed by atoms with Gasteiger partial charge in [0.05, 0.1) is 13.3 Å². The van der Waals surface area contributed by atoms with Gasteiger partial charge in [0.2, 0.25) is 0 Å². The Hall–Kier alpha value is -0.740. The quantitative estimate of drug-likeness (QED) is 0.785. The van der Waals surface area contributed by atoms with Crippen LogP contribution >= 0.6 is 11.8 Å². The predicted molar refractivity (Wildman–Crippen MR) is 79.4 cm³/mol. The molecule has 1 atom stereocenters. The van der Waals surface area contributed by atoms with Gasteiger partial charge in [0.1, 0.15) is 5.75 Å². The second-order valence-corrected chi connectivity index (χ2v) is 5.77. The first-order chi connectivity index (χ1) is 8.67. The van der Waals surface area contributed by atoms with Crippen LogP contribution < -0.4 is 10.1 Å². The van der Waals surface area contributed by atoms with E-state index >= 15 is 0 Å². The van der Waals surface area contributed by atoms with Crippen LogP contribution in [-0.2, 0) is 0 Å². The molecule has 0 radical (unpaired) electrons. The van der Waals surface area contributed by atoms with Gasteiger partial charge in [-0.25, -0.2) is 0 Å². The molecule has 0 saturated heterocycles. The van der Waals surface area contributed by atoms with Crippen molar-refractivity contribution in [1.82, 2.24) is 10.3 Å². The molecule has 1 N–H and O–H groups in total. The van der Waals surface area contributed by atoms with Crippen LogP contribution in [0.15, 0.2) is 18.5 Å². The zero-order valence-corrected chi connectivity index (χ0v) is 12.6. The van der Waals surface area contributed by atoms with Crippen molar-refractivity contribution in [2.24, 2.45) is 5.92 Å². The van der Waals surface area contributed by atoms with Crippen molar-refractivity contribution in [1.29, 1.82) is 0 Å². The van der Waals surface area contributed by atoms with E-state index in [1.54, 1.807) is 13.3 Å². The third-order valence-corrected chi connectivity index (χ3v) is 4.03. The molecule has 0 aliphatic rings. The molecule has 0 saturated carbocycles. The second-order valence-electron chi connectivity index (χ2n) is 4.70. The summed E-state index contributed by atoms with van der Waals surface area (Å²) in [5.74, 6) is 3.82. The normalized spacial score (nSPS) is 12.7. The minimum Gasteiger partial charge on any atom is -0.495 e. The molecular formula is C14H24N2OS. The Morgan fingerprint density at radius 2 is 2.11 bits per heavy atom. The number of rotatable bonds is 8. The van der Waals surface area contributed by atoms with E-state index in [1.807, 2.05) is 18.0 Å². The highest BCUT2D eigenvalue weighted by Crippen LogP contribution is 2.22. The number of methoxy groups -OCH3 is 1. The highest BCUT2D eigenvalue weighted by atomic mass is 32.2. The fourth-order valence-electron chi connectivity index (χ4n) is 1.68. The van der Waals surface area contributed by atoms with Gasteiger partial charge in [0, 0.05) is 18.0 Å². The Balaban J connectivity index is 2.64. The zero-order valence-electron chi connectivity index (χ0n) is 11.8. The van der Waals surface area contributed by atoms with Gasteiger partial charge in [-0.1, -0.05) is 20.8 Å². The van der Waals surface area contributed by atoms with Crippen molar-refractivity contribution in [3.05, 3.63) is 24.0 Å². The number of hydrogen-bond acceptors (Lipinski definition) is 4. The summed E-state index contributed by atoms with van der Waals surface area (Å²) in [5, 5.41) is 3.51. The van der Waals surface area contributed by atoms with Crippen LogP contribution in [0.1, 0.15) is 32.4 Å². The smallest absolute Gasteiger partial charge is 0.137 e. The number of thioether (sulfide) groups is 1. The summed E-state index contributed by atoms with van der Waals surface area (Å²) >= 11 is 1.99. The van der Waals surface area contributed by atoms with Gasteiger partial charge in [-0.2, -0.15) is 11.8 Å². The lowest BCUT2D eigenvalue weighted by atomic mass is 10.1. The number of pyridine rings is 1. The predicted octanol–water partition coefficient (Wildman–Crippen LogP) is 3.13. The van der Waals surface area contributed by atoms with Gasteiger partial charge in [0.25, 0.3) is 0 Å². The van der Waals surface area contributed by atoms with Crippen LogP contribution in [0.3, 0.4) is 0 Å². The number of hydrogen-bond donors (Lipinski definition) is 1. The summed E-state index contributed by atoms with van der Waals surface area (Å²) in [5.41, 5.74) is 1.20. The van der Waals surface area contributed by atoms with E-state index in [4.69, 9.17) is 4.74 Å². The van der Waals surface area contributed by atoms with Crippen molar-refractivity contribution in [3.8, 4) is 5.75 Å². The molecule has 1 unspecified atom stereocenters. The molecule has 102 valence electrons. The Morgan fingerprint density at radius 1 is 1.33 bits per heavy atom. The summed E-state index contributed by atoms with van der Waals surface area (Å²) in [6.45, 7) is 7.60. The van der Waals surface area contributed by atoms with Gasteiger partial charge in [-0.05, 0) is 29.8 Å². The van der Waals surface area contributed by atoms with E-state index in [0.29, 0.717) is 6.04 Å². The average Bonchev–Trinajstić information content (AvgIpc) is 2.37. The minimum absolute atomic E-state index is 0.348. The fourth-order valence-corrected chi connectivity index (χ4v) is 2.83. The maximum atomic E-state index is 5.23. The molecule has 0 aromatic carbocycles. The Bertz CT molecular complexity index is 344. The molecule has 3 nitrogen and oxygen atoms in total. The maximum Gasteiger partial charge on any atom is 0.137 e. The first-order valence-corrected chi connectivity index (χ1v) is 7.62. The molecule has 0 aliphatic heterocycles. The lowest BCUT2D eigenvalue weighted by Crippen LogP contribution is -2.23. The van der Waals surface area contributed by atoms with E-state index in [9.17, 15) is 0 Å². The Kier molecular flexibility index (Phi) is 7.13. The number of aromatic nitrogens is 1. The van der Waals surface area contributed by atoms with E-state index < -0.39 is 0 Å². The standard InChI is InChI=1S/C14H24N2OS/c1-5-16-14(10-18-9-11(2)3)12-6-13(17-4)8-15-7-12/h6-8,11,14,16H,5,9-10H2,1-4H3. The summed E-state index contributed by atoms with van der Waals surface area (Å²) < 4.78 is 5.23. The second kappa shape index (κ2) is 8.38. The van der Waals surface area contributed by atoms with Crippen LogP contribution in [0, 0.1) is 5.92 Å². The summed E-state index contributed by atoms with van der Waals surface area (Å²) in [7, 11) is 1.68. The van der Waals surface area contributed by atoms with Crippen LogP contribution in [0.25, 0.3) is 0 Å². The molecule has 0 bridgehead atoms. The summed E-state index contributed by atoms with van der Waals surface area (Å²) in [6, 6.07) is 2.41. The largest absolute Gasteiger partial charge is 0.495 e. The molecule has 0 aliphatic carbocycles. The molecule has 1 rings (SSSR count). The van der Waals surface area contributed by atoms with E-state index in [-0.39, 0.29) is 0 Å². The fraction of sp³-hybridized carbons (Fsp3) is 0.643. The van der Waals surface area contributed by atoms with E-state index in [2.05, 4.69) is 37.1 Å². The molecule has 18 heavy (non-hydrogen) atoms. The molecule has 0 fully saturated rings. The third kappa shape index (κ3) is 5.27. The lowest BCUT2D eigenvalue weighted by molar-refractivity contribution is 0.411. The molecule has 1 aromatic rings. The molecule has 1 aromatic heterocycles. The van der Waals surface area contributed by atoms with Crippen molar-refractivity contribution in [2.45, 2.75) is 26.8 Å². The van der Waals surface area contributed by atoms with Crippen molar-refractivity contribution in [3.63, 3.8) is 0 Å². The Morgan fingerprint density at radius 3 is 2.72 bits per heavy atom. The summed E-state index contributed by atoms with van der Waals surface area (Å²) in [6.07, 6.45) is 3.67. The van der Waals surface area contributed by atoms with Crippen molar-refractivity contribution < 1.29 is 4.74 Å². The van der Waals surface area contributed by atoms with Crippen LogP contribution in [-0.4, -0.2) is 30.1 Å². The van der Waals surface area contributed by atoms with Crippen molar-refractivity contribution in [2.75, 3.05) is 25.2 Å². The first-order valence-electron chi connectivity index (χ1n) is 6.47. The monoisotopic (exact) mass is 268 g/mol. The topological polar surface area (TPSA) is 34.2 Å². The van der Waals surface area contributed by atoms with Crippen LogP contribution in [0.4, 0.5) is 0 Å². The van der Waals surface area contributed by atoms with E-state index in [0.717, 1.165) is 24.0 Å². The van der Waals surface area contributed by atoms with Crippen LogP contribution in [0.5, 0.6) is 5.75 Å². The van der Waals surface area contributed by atoms with Gasteiger partial charge >= 0.3 is 0 Å².